The molecule has 1 amide bonds. The molecule has 26 heavy (non-hydrogen) atoms. The first-order valence-electron chi connectivity index (χ1n) is 7.40. The van der Waals surface area contributed by atoms with Crippen LogP contribution in [-0.2, 0) is 25.2 Å². The Morgan fingerprint density at radius 1 is 1.15 bits per heavy atom. The van der Waals surface area contributed by atoms with E-state index in [9.17, 15) is 27.6 Å². The van der Waals surface area contributed by atoms with Gasteiger partial charge in [-0.15, -0.1) is 0 Å². The van der Waals surface area contributed by atoms with E-state index < -0.39 is 35.7 Å². The van der Waals surface area contributed by atoms with Gasteiger partial charge in [-0.1, -0.05) is 0 Å². The van der Waals surface area contributed by atoms with E-state index in [1.165, 1.54) is 0 Å². The Labute approximate surface area is 146 Å². The van der Waals surface area contributed by atoms with Crippen LogP contribution in [0.3, 0.4) is 0 Å². The van der Waals surface area contributed by atoms with Crippen LogP contribution in [0.25, 0.3) is 0 Å². The summed E-state index contributed by atoms with van der Waals surface area (Å²) in [5.74, 6) is -2.15. The lowest BCUT2D eigenvalue weighted by molar-refractivity contribution is -0.137. The number of esters is 2. The Bertz CT molecular complexity index is 728. The molecule has 1 unspecified atom stereocenters. The minimum atomic E-state index is -4.50. The zero-order valence-electron chi connectivity index (χ0n) is 13.6. The minimum Gasteiger partial charge on any atom is -0.466 e. The summed E-state index contributed by atoms with van der Waals surface area (Å²) in [6.45, 7) is -0.00926. The van der Waals surface area contributed by atoms with Crippen molar-refractivity contribution in [2.24, 2.45) is 0 Å². The second-order valence-corrected chi connectivity index (χ2v) is 5.27. The maximum Gasteiger partial charge on any atom is 0.416 e. The third kappa shape index (κ3) is 4.98. The summed E-state index contributed by atoms with van der Waals surface area (Å²) in [7, 11) is 1.16. The van der Waals surface area contributed by atoms with Crippen molar-refractivity contribution in [1.82, 2.24) is 10.6 Å². The number of ether oxygens (including phenoxy) is 2. The van der Waals surface area contributed by atoms with Crippen molar-refractivity contribution < 1.29 is 37.0 Å². The molecule has 10 heteroatoms. The van der Waals surface area contributed by atoms with Crippen LogP contribution < -0.4 is 10.6 Å². The normalized spacial score (nSPS) is 19.2. The number of methoxy groups -OCH3 is 1. The van der Waals surface area contributed by atoms with Crippen LogP contribution in [0, 0.1) is 0 Å². The Morgan fingerprint density at radius 2 is 1.77 bits per heavy atom. The smallest absolute Gasteiger partial charge is 0.416 e. The molecule has 140 valence electrons. The van der Waals surface area contributed by atoms with Crippen molar-refractivity contribution in [2.45, 2.75) is 12.3 Å². The average molecular weight is 372 g/mol. The molecule has 1 heterocycles. The summed E-state index contributed by atoms with van der Waals surface area (Å²) >= 11 is 0. The first-order chi connectivity index (χ1) is 12.2. The van der Waals surface area contributed by atoms with Gasteiger partial charge in [0.25, 0.3) is 5.91 Å². The highest BCUT2D eigenvalue weighted by Gasteiger charge is 2.30. The molecule has 0 spiro atoms. The van der Waals surface area contributed by atoms with Crippen LogP contribution in [0.5, 0.6) is 0 Å². The second kappa shape index (κ2) is 7.89. The minimum absolute atomic E-state index is 0.0218. The molecule has 1 aliphatic heterocycles. The number of rotatable bonds is 3. The van der Waals surface area contributed by atoms with Crippen LogP contribution >= 0.6 is 0 Å². The lowest BCUT2D eigenvalue weighted by Gasteiger charge is -2.15. The molecular formula is C16H15F3N2O5. The number of halogens is 3. The van der Waals surface area contributed by atoms with E-state index in [1.54, 1.807) is 0 Å². The van der Waals surface area contributed by atoms with Crippen molar-refractivity contribution in [2.75, 3.05) is 20.2 Å². The number of amides is 1. The molecule has 7 nitrogen and oxygen atoms in total. The van der Waals surface area contributed by atoms with E-state index >= 15 is 0 Å². The number of carbonyl (C=O) groups is 3. The molecule has 1 saturated heterocycles. The van der Waals surface area contributed by atoms with Crippen molar-refractivity contribution >= 4 is 17.8 Å². The van der Waals surface area contributed by atoms with Gasteiger partial charge in [0.1, 0.15) is 11.8 Å². The van der Waals surface area contributed by atoms with E-state index in [4.69, 9.17) is 4.74 Å². The van der Waals surface area contributed by atoms with Gasteiger partial charge in [-0.2, -0.15) is 13.2 Å². The van der Waals surface area contributed by atoms with Crippen LogP contribution in [0.4, 0.5) is 13.2 Å². The third-order valence-electron chi connectivity index (χ3n) is 3.44. The van der Waals surface area contributed by atoms with Gasteiger partial charge in [-0.05, 0) is 24.3 Å². The van der Waals surface area contributed by atoms with E-state index in [0.717, 1.165) is 37.5 Å². The monoisotopic (exact) mass is 372 g/mol. The van der Waals surface area contributed by atoms with Gasteiger partial charge in [0, 0.05) is 0 Å². The molecule has 1 atom stereocenters. The van der Waals surface area contributed by atoms with Gasteiger partial charge >= 0.3 is 18.1 Å². The lowest BCUT2D eigenvalue weighted by Crippen LogP contribution is -2.34. The average Bonchev–Trinajstić information content (AvgIpc) is 2.77. The number of benzene rings is 1. The zero-order chi connectivity index (χ0) is 19.3. The molecule has 1 aliphatic rings. The fraction of sp³-hybridized carbons (Fsp3) is 0.312. The molecule has 1 aromatic carbocycles. The predicted octanol–water partition coefficient (Wildman–Crippen LogP) is 1.01. The number of hydrogen-bond acceptors (Lipinski definition) is 6. The summed E-state index contributed by atoms with van der Waals surface area (Å²) in [5.41, 5.74) is -0.987. The van der Waals surface area contributed by atoms with Crippen molar-refractivity contribution in [3.05, 3.63) is 47.2 Å². The van der Waals surface area contributed by atoms with Crippen molar-refractivity contribution in [1.29, 1.82) is 0 Å². The first-order valence-corrected chi connectivity index (χ1v) is 7.40. The molecule has 1 fully saturated rings. The van der Waals surface area contributed by atoms with Crippen molar-refractivity contribution in [3.63, 3.8) is 0 Å². The molecule has 1 aromatic rings. The highest BCUT2D eigenvalue weighted by Crippen LogP contribution is 2.29. The summed E-state index contributed by atoms with van der Waals surface area (Å²) in [6.07, 6.45) is -4.33. The van der Waals surface area contributed by atoms with Crippen LogP contribution in [0.1, 0.15) is 15.9 Å². The molecule has 0 radical (unpaired) electrons. The van der Waals surface area contributed by atoms with Gasteiger partial charge in [-0.3, -0.25) is 4.79 Å². The first kappa shape index (κ1) is 19.3. The van der Waals surface area contributed by atoms with Crippen LogP contribution in [-0.4, -0.2) is 44.1 Å². The van der Waals surface area contributed by atoms with Crippen LogP contribution in [0.2, 0.25) is 0 Å². The fourth-order valence-electron chi connectivity index (χ4n) is 2.07. The highest BCUT2D eigenvalue weighted by molar-refractivity contribution is 5.99. The summed E-state index contributed by atoms with van der Waals surface area (Å²) < 4.78 is 47.2. The van der Waals surface area contributed by atoms with Gasteiger partial charge in [0.2, 0.25) is 0 Å². The molecule has 2 N–H and O–H groups in total. The molecule has 0 bridgehead atoms. The topological polar surface area (TPSA) is 93.7 Å². The summed E-state index contributed by atoms with van der Waals surface area (Å²) in [5, 5.41) is 5.11. The number of alkyl halides is 3. The number of carbonyl (C=O) groups excluding carboxylic acids is 3. The molecule has 0 saturated carbocycles. The van der Waals surface area contributed by atoms with Gasteiger partial charge in [-0.25, -0.2) is 9.59 Å². The van der Waals surface area contributed by atoms with E-state index in [2.05, 4.69) is 15.4 Å². The standard InChI is InChI=1S/C16H15F3N2O5/c1-25-13(22)6-12-14(23)21-8-11(7-20-12)26-15(24)9-2-4-10(5-3-9)16(17,18)19/h2-6,11,20H,7-8H2,1H3,(H,21,23)/b12-6-. The lowest BCUT2D eigenvalue weighted by atomic mass is 10.1. The maximum absolute atomic E-state index is 12.5. The Balaban J connectivity index is 2.00. The molecule has 2 rings (SSSR count). The quantitative estimate of drug-likeness (QED) is 0.608. The van der Waals surface area contributed by atoms with Gasteiger partial charge < -0.3 is 20.1 Å². The summed E-state index contributed by atoms with van der Waals surface area (Å²) in [6, 6.07) is 3.58. The fourth-order valence-corrected chi connectivity index (χ4v) is 2.07. The van der Waals surface area contributed by atoms with E-state index in [0.29, 0.717) is 0 Å². The Kier molecular flexibility index (Phi) is 5.86. The van der Waals surface area contributed by atoms with Gasteiger partial charge in [0.05, 0.1) is 37.4 Å². The Hall–Kier alpha value is -3.04. The maximum atomic E-state index is 12.5. The second-order valence-electron chi connectivity index (χ2n) is 5.27. The zero-order valence-corrected chi connectivity index (χ0v) is 13.6. The molecule has 0 aliphatic carbocycles. The van der Waals surface area contributed by atoms with Crippen molar-refractivity contribution in [3.8, 4) is 0 Å². The van der Waals surface area contributed by atoms with E-state index in [1.807, 2.05) is 0 Å². The van der Waals surface area contributed by atoms with Gasteiger partial charge in [0.15, 0.2) is 0 Å². The highest BCUT2D eigenvalue weighted by atomic mass is 19.4. The SMILES string of the molecule is COC(=O)/C=C1\NCC(OC(=O)c2ccc(C(F)(F)F)cc2)CNC1=O. The third-order valence-corrected chi connectivity index (χ3v) is 3.44. The number of nitrogens with one attached hydrogen (secondary N) is 2. The largest absolute Gasteiger partial charge is 0.466 e. The molecular weight excluding hydrogens is 357 g/mol. The summed E-state index contributed by atoms with van der Waals surface area (Å²) in [4.78, 5) is 35.0. The van der Waals surface area contributed by atoms with Crippen LogP contribution in [0.15, 0.2) is 36.0 Å². The van der Waals surface area contributed by atoms with E-state index in [-0.39, 0.29) is 24.4 Å². The molecule has 0 aromatic heterocycles. The Morgan fingerprint density at radius 3 is 2.35 bits per heavy atom. The number of hydrogen-bond donors (Lipinski definition) is 2. The predicted molar refractivity (Wildman–Crippen MR) is 81.8 cm³/mol.